The van der Waals surface area contributed by atoms with Crippen molar-refractivity contribution in [1.29, 1.82) is 0 Å². The van der Waals surface area contributed by atoms with E-state index in [4.69, 9.17) is 5.73 Å². The Morgan fingerprint density at radius 1 is 1.12 bits per heavy atom. The highest BCUT2D eigenvalue weighted by Gasteiger charge is 2.28. The van der Waals surface area contributed by atoms with Gasteiger partial charge in [0, 0.05) is 19.1 Å². The Morgan fingerprint density at radius 2 is 1.69 bits per heavy atom. The molecule has 2 fully saturated rings. The van der Waals surface area contributed by atoms with Gasteiger partial charge in [0.05, 0.1) is 0 Å². The average Bonchev–Trinajstić information content (AvgIpc) is 3.12. The van der Waals surface area contributed by atoms with E-state index in [9.17, 15) is 0 Å². The van der Waals surface area contributed by atoms with Gasteiger partial charge in [-0.2, -0.15) is 0 Å². The molecule has 16 heavy (non-hydrogen) atoms. The summed E-state index contributed by atoms with van der Waals surface area (Å²) in [5, 5.41) is 0. The summed E-state index contributed by atoms with van der Waals surface area (Å²) in [7, 11) is 0. The first-order valence-electron chi connectivity index (χ1n) is 7.26. The Kier molecular flexibility index (Phi) is 4.66. The average molecular weight is 224 g/mol. The molecule has 0 bridgehead atoms. The lowest BCUT2D eigenvalue weighted by Gasteiger charge is -2.22. The van der Waals surface area contributed by atoms with Crippen molar-refractivity contribution < 1.29 is 0 Å². The van der Waals surface area contributed by atoms with Crippen LogP contribution in [0.1, 0.15) is 51.9 Å². The van der Waals surface area contributed by atoms with Crippen LogP contribution in [0, 0.1) is 11.8 Å². The van der Waals surface area contributed by atoms with E-state index in [1.54, 1.807) is 0 Å². The van der Waals surface area contributed by atoms with E-state index in [-0.39, 0.29) is 0 Å². The largest absolute Gasteiger partial charge is 0.328 e. The molecule has 2 saturated carbocycles. The van der Waals surface area contributed by atoms with Crippen LogP contribution in [0.5, 0.6) is 0 Å². The predicted octanol–water partition coefficient (Wildman–Crippen LogP) is 2.63. The van der Waals surface area contributed by atoms with Gasteiger partial charge in [0.2, 0.25) is 0 Å². The molecule has 0 aromatic heterocycles. The van der Waals surface area contributed by atoms with Crippen molar-refractivity contribution in [1.82, 2.24) is 4.90 Å². The van der Waals surface area contributed by atoms with Gasteiger partial charge in [-0.25, -0.2) is 0 Å². The fourth-order valence-corrected chi connectivity index (χ4v) is 2.37. The number of nitrogens with two attached hydrogens (primary N) is 1. The molecule has 0 aliphatic heterocycles. The van der Waals surface area contributed by atoms with Crippen LogP contribution in [0.15, 0.2) is 0 Å². The molecule has 0 spiro atoms. The standard InChI is InChI=1S/C14H28N2/c1-2-14(15)4-3-9-16(10-12-5-6-12)11-13-7-8-13/h12-14H,2-11,15H2,1H3. The van der Waals surface area contributed by atoms with Gasteiger partial charge >= 0.3 is 0 Å². The zero-order valence-corrected chi connectivity index (χ0v) is 10.8. The molecule has 2 nitrogen and oxygen atoms in total. The van der Waals surface area contributed by atoms with E-state index in [2.05, 4.69) is 11.8 Å². The predicted molar refractivity (Wildman–Crippen MR) is 69.4 cm³/mol. The summed E-state index contributed by atoms with van der Waals surface area (Å²) >= 11 is 0. The molecule has 0 aromatic carbocycles. The maximum atomic E-state index is 5.97. The van der Waals surface area contributed by atoms with E-state index in [0.29, 0.717) is 6.04 Å². The third kappa shape index (κ3) is 4.84. The Labute approximate surface area is 101 Å². The molecule has 94 valence electrons. The van der Waals surface area contributed by atoms with Crippen molar-refractivity contribution in [3.05, 3.63) is 0 Å². The zero-order valence-electron chi connectivity index (χ0n) is 10.8. The van der Waals surface area contributed by atoms with Crippen molar-refractivity contribution in [3.8, 4) is 0 Å². The van der Waals surface area contributed by atoms with Gasteiger partial charge in [-0.15, -0.1) is 0 Å². The molecule has 2 aliphatic carbocycles. The summed E-state index contributed by atoms with van der Waals surface area (Å²) < 4.78 is 0. The van der Waals surface area contributed by atoms with E-state index >= 15 is 0 Å². The third-order valence-corrected chi connectivity index (χ3v) is 4.00. The second-order valence-electron chi connectivity index (χ2n) is 5.96. The van der Waals surface area contributed by atoms with E-state index in [0.717, 1.165) is 18.3 Å². The summed E-state index contributed by atoms with van der Waals surface area (Å²) in [4.78, 5) is 2.72. The van der Waals surface area contributed by atoms with Gasteiger partial charge in [0.1, 0.15) is 0 Å². The molecule has 0 heterocycles. The van der Waals surface area contributed by atoms with Gasteiger partial charge in [-0.3, -0.25) is 0 Å². The first-order valence-corrected chi connectivity index (χ1v) is 7.26. The Balaban J connectivity index is 1.60. The van der Waals surface area contributed by atoms with E-state index in [1.165, 1.54) is 58.2 Å². The van der Waals surface area contributed by atoms with Crippen molar-refractivity contribution in [2.75, 3.05) is 19.6 Å². The molecule has 0 radical (unpaired) electrons. The highest BCUT2D eigenvalue weighted by atomic mass is 15.1. The monoisotopic (exact) mass is 224 g/mol. The number of hydrogen-bond donors (Lipinski definition) is 1. The topological polar surface area (TPSA) is 29.3 Å². The maximum Gasteiger partial charge on any atom is 0.00366 e. The van der Waals surface area contributed by atoms with Gasteiger partial charge < -0.3 is 10.6 Å². The van der Waals surface area contributed by atoms with Crippen LogP contribution < -0.4 is 5.73 Å². The van der Waals surface area contributed by atoms with E-state index < -0.39 is 0 Å². The number of hydrogen-bond acceptors (Lipinski definition) is 2. The second kappa shape index (κ2) is 6.02. The van der Waals surface area contributed by atoms with Gasteiger partial charge in [0.15, 0.2) is 0 Å². The normalized spacial score (nSPS) is 22.7. The minimum atomic E-state index is 0.434. The fraction of sp³-hybridized carbons (Fsp3) is 1.00. The van der Waals surface area contributed by atoms with Crippen molar-refractivity contribution in [2.45, 2.75) is 57.9 Å². The first-order chi connectivity index (χ1) is 7.78. The fourth-order valence-electron chi connectivity index (χ4n) is 2.37. The molecule has 1 unspecified atom stereocenters. The maximum absolute atomic E-state index is 5.97. The Bertz CT molecular complexity index is 183. The van der Waals surface area contributed by atoms with Gasteiger partial charge in [-0.1, -0.05) is 6.92 Å². The third-order valence-electron chi connectivity index (χ3n) is 4.00. The minimum Gasteiger partial charge on any atom is -0.328 e. The Hall–Kier alpha value is -0.0800. The molecule has 0 amide bonds. The molecule has 2 N–H and O–H groups in total. The molecule has 2 aliphatic rings. The molecule has 1 atom stereocenters. The highest BCUT2D eigenvalue weighted by molar-refractivity contribution is 4.82. The van der Waals surface area contributed by atoms with Gasteiger partial charge in [0.25, 0.3) is 0 Å². The van der Waals surface area contributed by atoms with Crippen molar-refractivity contribution >= 4 is 0 Å². The van der Waals surface area contributed by atoms with Crippen LogP contribution in [-0.2, 0) is 0 Å². The molecule has 2 rings (SSSR count). The number of nitrogens with zero attached hydrogens (tertiary/aromatic N) is 1. The first kappa shape index (κ1) is 12.4. The second-order valence-corrected chi connectivity index (χ2v) is 5.96. The molecule has 0 saturated heterocycles. The summed E-state index contributed by atoms with van der Waals surface area (Å²) in [6.45, 7) is 6.23. The summed E-state index contributed by atoms with van der Waals surface area (Å²) in [6.07, 6.45) is 9.57. The summed E-state index contributed by atoms with van der Waals surface area (Å²) in [5.41, 5.74) is 5.97. The SMILES string of the molecule is CCC(N)CCCN(CC1CC1)CC1CC1. The summed E-state index contributed by atoms with van der Waals surface area (Å²) in [5.74, 6) is 2.08. The summed E-state index contributed by atoms with van der Waals surface area (Å²) in [6, 6.07) is 0.434. The van der Waals surface area contributed by atoms with Crippen LogP contribution in [0.3, 0.4) is 0 Å². The lowest BCUT2D eigenvalue weighted by molar-refractivity contribution is 0.245. The smallest absolute Gasteiger partial charge is 0.00366 e. The highest BCUT2D eigenvalue weighted by Crippen LogP contribution is 2.33. The van der Waals surface area contributed by atoms with Crippen LogP contribution >= 0.6 is 0 Å². The molecule has 2 heteroatoms. The van der Waals surface area contributed by atoms with Crippen molar-refractivity contribution in [2.24, 2.45) is 17.6 Å². The lowest BCUT2D eigenvalue weighted by Crippen LogP contribution is -2.30. The van der Waals surface area contributed by atoms with Crippen LogP contribution in [0.2, 0.25) is 0 Å². The van der Waals surface area contributed by atoms with Crippen molar-refractivity contribution in [3.63, 3.8) is 0 Å². The van der Waals surface area contributed by atoms with Crippen LogP contribution in [0.25, 0.3) is 0 Å². The van der Waals surface area contributed by atoms with Crippen LogP contribution in [-0.4, -0.2) is 30.6 Å². The minimum absolute atomic E-state index is 0.434. The molecular formula is C14H28N2. The number of rotatable bonds is 9. The van der Waals surface area contributed by atoms with E-state index in [1.807, 2.05) is 0 Å². The van der Waals surface area contributed by atoms with Crippen LogP contribution in [0.4, 0.5) is 0 Å². The quantitative estimate of drug-likeness (QED) is 0.652. The molecule has 0 aromatic rings. The van der Waals surface area contributed by atoms with Gasteiger partial charge in [-0.05, 0) is 63.3 Å². The zero-order chi connectivity index (χ0) is 11.4. The Morgan fingerprint density at radius 3 is 2.12 bits per heavy atom. The molecular weight excluding hydrogens is 196 g/mol. The lowest BCUT2D eigenvalue weighted by atomic mass is 10.1.